The van der Waals surface area contributed by atoms with E-state index in [0.29, 0.717) is 30.2 Å². The summed E-state index contributed by atoms with van der Waals surface area (Å²) in [4.78, 5) is 28.9. The first-order chi connectivity index (χ1) is 17.0. The van der Waals surface area contributed by atoms with E-state index in [9.17, 15) is 27.9 Å². The number of nitrogens with one attached hydrogen (secondary N) is 1. The number of pyridine rings is 1. The third kappa shape index (κ3) is 5.40. The zero-order valence-electron chi connectivity index (χ0n) is 19.6. The second-order valence-corrected chi connectivity index (χ2v) is 8.54. The van der Waals surface area contributed by atoms with Gasteiger partial charge in [0.15, 0.2) is 5.78 Å². The number of ether oxygens (including phenoxy) is 1. The predicted molar refractivity (Wildman–Crippen MR) is 128 cm³/mol. The average molecular weight is 496 g/mol. The highest BCUT2D eigenvalue weighted by Gasteiger charge is 2.34. The molecule has 2 N–H and O–H groups in total. The Balaban J connectivity index is 1.46. The monoisotopic (exact) mass is 496 g/mol. The van der Waals surface area contributed by atoms with E-state index in [4.69, 9.17) is 4.74 Å². The maximum atomic E-state index is 13.1. The molecule has 0 amide bonds. The molecule has 0 radical (unpaired) electrons. The number of nitrogens with zero attached hydrogens (tertiary/aromatic N) is 1. The number of carbonyl (C=O) groups excluding carboxylic acids is 2. The van der Waals surface area contributed by atoms with Crippen molar-refractivity contribution < 1.29 is 32.6 Å². The number of methoxy groups -OCH3 is 1. The summed E-state index contributed by atoms with van der Waals surface area (Å²) in [5, 5.41) is 12.8. The smallest absolute Gasteiger partial charge is 0.419 e. The lowest BCUT2D eigenvalue weighted by atomic mass is 9.97. The Morgan fingerprint density at radius 2 is 1.92 bits per heavy atom. The summed E-state index contributed by atoms with van der Waals surface area (Å²) in [5.74, 6) is -1.79. The highest BCUT2D eigenvalue weighted by atomic mass is 19.4. The molecule has 36 heavy (non-hydrogen) atoms. The molecular weight excluding hydrogens is 473 g/mol. The van der Waals surface area contributed by atoms with Gasteiger partial charge in [-0.2, -0.15) is 13.2 Å². The molecule has 0 unspecified atom stereocenters. The van der Waals surface area contributed by atoms with E-state index in [0.717, 1.165) is 34.1 Å². The van der Waals surface area contributed by atoms with Crippen LogP contribution in [0.5, 0.6) is 5.75 Å². The fourth-order valence-corrected chi connectivity index (χ4v) is 4.01. The highest BCUT2D eigenvalue weighted by Crippen LogP contribution is 2.36. The number of phenols is 1. The Morgan fingerprint density at radius 3 is 2.64 bits per heavy atom. The zero-order valence-corrected chi connectivity index (χ0v) is 19.6. The van der Waals surface area contributed by atoms with Crippen LogP contribution in [0.3, 0.4) is 0 Å². The lowest BCUT2D eigenvalue weighted by Crippen LogP contribution is -2.10. The van der Waals surface area contributed by atoms with Crippen molar-refractivity contribution in [3.63, 3.8) is 0 Å². The Labute approximate surface area is 205 Å². The summed E-state index contributed by atoms with van der Waals surface area (Å²) in [7, 11) is 1.33. The number of carbonyl (C=O) groups is 2. The van der Waals surface area contributed by atoms with Gasteiger partial charge in [0.05, 0.1) is 30.3 Å². The summed E-state index contributed by atoms with van der Waals surface area (Å²) in [6.45, 7) is 2.35. The van der Waals surface area contributed by atoms with E-state index in [2.05, 4.69) is 10.3 Å². The van der Waals surface area contributed by atoms with Gasteiger partial charge in [-0.1, -0.05) is 18.2 Å². The first-order valence-electron chi connectivity index (χ1n) is 11.1. The molecular formula is C27H23F3N2O4. The first-order valence-corrected chi connectivity index (χ1v) is 11.1. The second kappa shape index (κ2) is 9.85. The number of aromatic hydroxyl groups is 1. The molecule has 0 saturated heterocycles. The molecule has 6 nitrogen and oxygen atoms in total. The molecule has 9 heteroatoms. The van der Waals surface area contributed by atoms with Gasteiger partial charge >= 0.3 is 12.1 Å². The Bertz CT molecular complexity index is 1380. The van der Waals surface area contributed by atoms with Gasteiger partial charge in [0, 0.05) is 30.5 Å². The number of rotatable bonds is 7. The number of aryl methyl sites for hydroxylation is 1. The van der Waals surface area contributed by atoms with Crippen molar-refractivity contribution in [1.82, 2.24) is 4.98 Å². The van der Waals surface area contributed by atoms with Gasteiger partial charge in [-0.3, -0.25) is 9.78 Å². The van der Waals surface area contributed by atoms with Crippen LogP contribution >= 0.6 is 0 Å². The average Bonchev–Trinajstić information content (AvgIpc) is 3.27. The van der Waals surface area contributed by atoms with Gasteiger partial charge in [-0.05, 0) is 59.5 Å². The molecule has 0 bridgehead atoms. The van der Waals surface area contributed by atoms with Gasteiger partial charge in [0.25, 0.3) is 0 Å². The number of alkyl halides is 3. The normalized spacial score (nSPS) is 12.6. The number of Topliss-reactive ketones (excluding diaryl/α,β-unsaturated/α-hetero) is 1. The molecule has 2 aromatic carbocycles. The van der Waals surface area contributed by atoms with Gasteiger partial charge in [-0.25, -0.2) is 4.79 Å². The number of hydrogen-bond acceptors (Lipinski definition) is 6. The molecule has 0 fully saturated rings. The fraction of sp³-hybridized carbons (Fsp3) is 0.222. The summed E-state index contributed by atoms with van der Waals surface area (Å²) < 4.78 is 44.0. The molecule has 4 rings (SSSR count). The lowest BCUT2D eigenvalue weighted by Gasteiger charge is -2.13. The van der Waals surface area contributed by atoms with E-state index in [1.54, 1.807) is 18.3 Å². The van der Waals surface area contributed by atoms with Crippen molar-refractivity contribution in [2.75, 3.05) is 12.4 Å². The van der Waals surface area contributed by atoms with Gasteiger partial charge < -0.3 is 15.2 Å². The van der Waals surface area contributed by atoms with Crippen LogP contribution in [0.4, 0.5) is 18.9 Å². The van der Waals surface area contributed by atoms with Crippen LogP contribution in [0.1, 0.15) is 43.9 Å². The summed E-state index contributed by atoms with van der Waals surface area (Å²) in [6, 6.07) is 10.1. The van der Waals surface area contributed by atoms with Crippen LogP contribution in [0.15, 0.2) is 54.2 Å². The maximum absolute atomic E-state index is 13.1. The number of phenolic OH excluding ortho intramolecular Hbond substituents is 1. The summed E-state index contributed by atoms with van der Waals surface area (Å²) in [5.41, 5.74) is 4.11. The number of fused-ring (bicyclic) bond motifs is 1. The van der Waals surface area contributed by atoms with Crippen LogP contribution in [0.2, 0.25) is 0 Å². The van der Waals surface area contributed by atoms with Crippen molar-refractivity contribution in [3.8, 4) is 5.75 Å². The zero-order chi connectivity index (χ0) is 26.0. The minimum Gasteiger partial charge on any atom is -0.507 e. The summed E-state index contributed by atoms with van der Waals surface area (Å²) >= 11 is 0. The van der Waals surface area contributed by atoms with E-state index < -0.39 is 23.3 Å². The lowest BCUT2D eigenvalue weighted by molar-refractivity contribution is -0.139. The van der Waals surface area contributed by atoms with E-state index in [1.165, 1.54) is 13.2 Å². The predicted octanol–water partition coefficient (Wildman–Crippen LogP) is 5.26. The van der Waals surface area contributed by atoms with E-state index >= 15 is 0 Å². The quantitative estimate of drug-likeness (QED) is 0.343. The van der Waals surface area contributed by atoms with Crippen molar-refractivity contribution in [2.45, 2.75) is 32.5 Å². The van der Waals surface area contributed by atoms with Crippen molar-refractivity contribution in [1.29, 1.82) is 0 Å². The van der Waals surface area contributed by atoms with Crippen molar-refractivity contribution in [3.05, 3.63) is 93.3 Å². The molecule has 0 spiro atoms. The SMILES string of the molecule is COC(=O)C1=Cc2cc(NCc3cc(CC(=O)c4ccc(O)c(C(F)(F)F)c4)ccc3C)cnc2C1. The Kier molecular flexibility index (Phi) is 6.83. The third-order valence-corrected chi connectivity index (χ3v) is 6.02. The molecule has 186 valence electrons. The van der Waals surface area contributed by atoms with Crippen LogP contribution < -0.4 is 5.32 Å². The maximum Gasteiger partial charge on any atom is 0.419 e. The summed E-state index contributed by atoms with van der Waals surface area (Å²) in [6.07, 6.45) is -0.991. The van der Waals surface area contributed by atoms with Crippen LogP contribution in [0, 0.1) is 6.92 Å². The van der Waals surface area contributed by atoms with Gasteiger partial charge in [-0.15, -0.1) is 0 Å². The second-order valence-electron chi connectivity index (χ2n) is 8.54. The topological polar surface area (TPSA) is 88.5 Å². The van der Waals surface area contributed by atoms with Crippen LogP contribution in [-0.2, 0) is 35.1 Å². The molecule has 1 aliphatic carbocycles. The number of esters is 1. The van der Waals surface area contributed by atoms with Gasteiger partial charge in [0.2, 0.25) is 0 Å². The fourth-order valence-electron chi connectivity index (χ4n) is 4.01. The van der Waals surface area contributed by atoms with Crippen molar-refractivity contribution in [2.24, 2.45) is 0 Å². The minimum atomic E-state index is -4.76. The van der Waals surface area contributed by atoms with Gasteiger partial charge in [0.1, 0.15) is 5.75 Å². The molecule has 1 heterocycles. The van der Waals surface area contributed by atoms with Crippen molar-refractivity contribution >= 4 is 23.5 Å². The number of anilines is 1. The number of ketones is 1. The molecule has 0 aliphatic heterocycles. The van der Waals surface area contributed by atoms with Crippen LogP contribution in [-0.4, -0.2) is 29.0 Å². The number of aromatic nitrogens is 1. The number of halogens is 3. The number of hydrogen-bond donors (Lipinski definition) is 2. The highest BCUT2D eigenvalue weighted by molar-refractivity contribution is 5.98. The first kappa shape index (κ1) is 25.0. The van der Waals surface area contributed by atoms with E-state index in [-0.39, 0.29) is 18.0 Å². The third-order valence-electron chi connectivity index (χ3n) is 6.02. The van der Waals surface area contributed by atoms with E-state index in [1.807, 2.05) is 25.1 Å². The molecule has 0 saturated carbocycles. The largest absolute Gasteiger partial charge is 0.507 e. The Hall–Kier alpha value is -4.14. The molecule has 1 aliphatic rings. The number of benzene rings is 2. The standard InChI is InChI=1S/C27H23F3N2O4/c1-15-3-4-16(8-25(34)17-5-6-24(33)22(11-17)27(28,29)30)7-20(15)13-31-21-10-18-9-19(26(35)36-2)12-23(18)32-14-21/h3-7,9-11,14,31,33H,8,12-13H2,1-2H3. The molecule has 0 atom stereocenters. The molecule has 1 aromatic heterocycles. The molecule has 3 aromatic rings. The minimum absolute atomic E-state index is 0.0865. The Morgan fingerprint density at radius 1 is 1.14 bits per heavy atom. The van der Waals surface area contributed by atoms with Crippen LogP contribution in [0.25, 0.3) is 6.08 Å².